The molecule has 0 bridgehead atoms. The van der Waals surface area contributed by atoms with Crippen LogP contribution < -0.4 is 10.2 Å². The Bertz CT molecular complexity index is 442. The third kappa shape index (κ3) is 1.65. The van der Waals surface area contributed by atoms with Crippen LogP contribution in [0.2, 0.25) is 0 Å². The quantitative estimate of drug-likeness (QED) is 0.558. The zero-order chi connectivity index (χ0) is 12.7. The fourth-order valence-corrected chi connectivity index (χ4v) is 2.49. The van der Waals surface area contributed by atoms with Crippen LogP contribution in [0.1, 0.15) is 0 Å². The number of hydrogen-bond acceptors (Lipinski definition) is 6. The highest BCUT2D eigenvalue weighted by molar-refractivity contribution is 5.74. The molecule has 6 heteroatoms. The largest absolute Gasteiger partial charge is 0.394 e. The SMILES string of the molecule is OC[C@H]1O[C@@H](N2CNc3ccccc32)[C@@H](O)[C@@H]1O. The lowest BCUT2D eigenvalue weighted by atomic mass is 10.1. The number of fused-ring (bicyclic) bond motifs is 1. The fourth-order valence-electron chi connectivity index (χ4n) is 2.49. The van der Waals surface area contributed by atoms with Gasteiger partial charge in [0.25, 0.3) is 0 Å². The Hall–Kier alpha value is -1.34. The second kappa shape index (κ2) is 4.40. The molecule has 1 saturated heterocycles. The first-order chi connectivity index (χ1) is 8.72. The van der Waals surface area contributed by atoms with Gasteiger partial charge >= 0.3 is 0 Å². The molecule has 0 amide bonds. The summed E-state index contributed by atoms with van der Waals surface area (Å²) in [6, 6.07) is 7.69. The molecule has 0 aromatic heterocycles. The Kier molecular flexibility index (Phi) is 2.87. The van der Waals surface area contributed by atoms with E-state index in [1.807, 2.05) is 29.2 Å². The van der Waals surface area contributed by atoms with Crippen LogP contribution in [0.4, 0.5) is 11.4 Å². The maximum Gasteiger partial charge on any atom is 0.161 e. The van der Waals surface area contributed by atoms with E-state index >= 15 is 0 Å². The minimum atomic E-state index is -1.06. The number of para-hydroxylation sites is 2. The fraction of sp³-hybridized carbons (Fsp3) is 0.500. The molecule has 6 nitrogen and oxygen atoms in total. The topological polar surface area (TPSA) is 85.2 Å². The van der Waals surface area contributed by atoms with Crippen molar-refractivity contribution in [3.8, 4) is 0 Å². The van der Waals surface area contributed by atoms with Gasteiger partial charge in [-0.2, -0.15) is 0 Å². The number of nitrogens with zero attached hydrogens (tertiary/aromatic N) is 1. The second-order valence-electron chi connectivity index (χ2n) is 4.55. The molecule has 3 rings (SSSR count). The van der Waals surface area contributed by atoms with Crippen LogP contribution in [0.5, 0.6) is 0 Å². The number of anilines is 2. The van der Waals surface area contributed by atoms with Crippen LogP contribution >= 0.6 is 0 Å². The zero-order valence-corrected chi connectivity index (χ0v) is 9.73. The second-order valence-corrected chi connectivity index (χ2v) is 4.55. The van der Waals surface area contributed by atoms with Crippen LogP contribution in [0, 0.1) is 0 Å². The average molecular weight is 252 g/mol. The molecule has 1 fully saturated rings. The van der Waals surface area contributed by atoms with Gasteiger partial charge in [0.15, 0.2) is 6.23 Å². The van der Waals surface area contributed by atoms with Gasteiger partial charge in [-0.05, 0) is 12.1 Å². The van der Waals surface area contributed by atoms with E-state index in [0.29, 0.717) is 6.67 Å². The number of ether oxygens (including phenoxy) is 1. The van der Waals surface area contributed by atoms with Crippen molar-refractivity contribution in [1.29, 1.82) is 0 Å². The van der Waals surface area contributed by atoms with Crippen LogP contribution in [-0.2, 0) is 4.74 Å². The Morgan fingerprint density at radius 1 is 1.28 bits per heavy atom. The lowest BCUT2D eigenvalue weighted by Crippen LogP contribution is -2.44. The molecule has 4 atom stereocenters. The standard InChI is InChI=1S/C12H16N2O4/c15-5-9-10(16)11(17)12(18-9)14-6-13-7-3-1-2-4-8(7)14/h1-4,9-13,15-17H,5-6H2/t9-,10-,11+,12-/m1/s1. The number of nitrogens with one attached hydrogen (secondary N) is 1. The molecule has 0 saturated carbocycles. The van der Waals surface area contributed by atoms with Crippen molar-refractivity contribution in [3.63, 3.8) is 0 Å². The van der Waals surface area contributed by atoms with Crippen LogP contribution in [0.3, 0.4) is 0 Å². The molecule has 1 aromatic rings. The summed E-state index contributed by atoms with van der Waals surface area (Å²) < 4.78 is 5.51. The van der Waals surface area contributed by atoms with E-state index in [2.05, 4.69) is 5.32 Å². The van der Waals surface area contributed by atoms with Gasteiger partial charge < -0.3 is 30.3 Å². The first-order valence-corrected chi connectivity index (χ1v) is 5.94. The molecule has 2 aliphatic heterocycles. The molecule has 98 valence electrons. The Morgan fingerprint density at radius 3 is 2.78 bits per heavy atom. The number of benzene rings is 1. The van der Waals surface area contributed by atoms with Gasteiger partial charge in [0.1, 0.15) is 18.3 Å². The van der Waals surface area contributed by atoms with Crippen molar-refractivity contribution in [1.82, 2.24) is 0 Å². The van der Waals surface area contributed by atoms with E-state index in [-0.39, 0.29) is 6.61 Å². The summed E-state index contributed by atoms with van der Waals surface area (Å²) >= 11 is 0. The molecule has 18 heavy (non-hydrogen) atoms. The minimum Gasteiger partial charge on any atom is -0.394 e. The van der Waals surface area contributed by atoms with E-state index < -0.39 is 24.5 Å². The Morgan fingerprint density at radius 2 is 2.06 bits per heavy atom. The van der Waals surface area contributed by atoms with Crippen LogP contribution in [0.25, 0.3) is 0 Å². The van der Waals surface area contributed by atoms with Gasteiger partial charge in [0.2, 0.25) is 0 Å². The van der Waals surface area contributed by atoms with Crippen molar-refractivity contribution in [2.45, 2.75) is 24.5 Å². The predicted octanol–water partition coefficient (Wildman–Crippen LogP) is -0.685. The van der Waals surface area contributed by atoms with E-state index in [1.54, 1.807) is 0 Å². The lowest BCUT2D eigenvalue weighted by Gasteiger charge is -2.27. The van der Waals surface area contributed by atoms with Gasteiger partial charge in [0, 0.05) is 0 Å². The highest BCUT2D eigenvalue weighted by atomic mass is 16.6. The molecule has 4 N–H and O–H groups in total. The Balaban J connectivity index is 1.85. The first kappa shape index (κ1) is 11.7. The van der Waals surface area contributed by atoms with Gasteiger partial charge in [0.05, 0.1) is 24.7 Å². The van der Waals surface area contributed by atoms with Crippen molar-refractivity contribution >= 4 is 11.4 Å². The molecule has 2 heterocycles. The maximum absolute atomic E-state index is 9.99. The van der Waals surface area contributed by atoms with E-state index in [1.165, 1.54) is 0 Å². The summed E-state index contributed by atoms with van der Waals surface area (Å²) in [5, 5.41) is 32.0. The zero-order valence-electron chi connectivity index (χ0n) is 9.73. The minimum absolute atomic E-state index is 0.308. The van der Waals surface area contributed by atoms with Crippen molar-refractivity contribution in [3.05, 3.63) is 24.3 Å². The number of rotatable bonds is 2. The number of hydrogen-bond donors (Lipinski definition) is 4. The molecule has 1 aromatic carbocycles. The molecule has 0 spiro atoms. The van der Waals surface area contributed by atoms with Crippen molar-refractivity contribution in [2.24, 2.45) is 0 Å². The maximum atomic E-state index is 9.99. The lowest BCUT2D eigenvalue weighted by molar-refractivity contribution is -0.0218. The van der Waals surface area contributed by atoms with Gasteiger partial charge in [-0.15, -0.1) is 0 Å². The summed E-state index contributed by atoms with van der Waals surface area (Å²) in [7, 11) is 0. The average Bonchev–Trinajstić information content (AvgIpc) is 2.93. The molecule has 0 unspecified atom stereocenters. The molecule has 2 aliphatic rings. The third-order valence-electron chi connectivity index (χ3n) is 3.48. The molecular formula is C12H16N2O4. The molecule has 0 radical (unpaired) electrons. The van der Waals surface area contributed by atoms with Crippen LogP contribution in [-0.4, -0.2) is 53.1 Å². The summed E-state index contributed by atoms with van der Waals surface area (Å²) in [4.78, 5) is 1.85. The Labute approximate surface area is 104 Å². The summed E-state index contributed by atoms with van der Waals surface area (Å²) in [5.41, 5.74) is 1.89. The predicted molar refractivity (Wildman–Crippen MR) is 65.2 cm³/mol. The normalized spacial score (nSPS) is 34.5. The summed E-state index contributed by atoms with van der Waals surface area (Å²) in [6.45, 7) is 0.198. The van der Waals surface area contributed by atoms with Gasteiger partial charge in [-0.25, -0.2) is 0 Å². The number of aliphatic hydroxyl groups is 3. The van der Waals surface area contributed by atoms with Crippen LogP contribution in [0.15, 0.2) is 24.3 Å². The number of aliphatic hydroxyl groups excluding tert-OH is 3. The first-order valence-electron chi connectivity index (χ1n) is 5.94. The third-order valence-corrected chi connectivity index (χ3v) is 3.48. The summed E-state index contributed by atoms with van der Waals surface area (Å²) in [5.74, 6) is 0. The van der Waals surface area contributed by atoms with Gasteiger partial charge in [-0.1, -0.05) is 12.1 Å². The van der Waals surface area contributed by atoms with Crippen molar-refractivity contribution in [2.75, 3.05) is 23.5 Å². The van der Waals surface area contributed by atoms with E-state index in [4.69, 9.17) is 9.84 Å². The highest BCUT2D eigenvalue weighted by Crippen LogP contribution is 2.36. The van der Waals surface area contributed by atoms with E-state index in [0.717, 1.165) is 11.4 Å². The monoisotopic (exact) mass is 252 g/mol. The van der Waals surface area contributed by atoms with Crippen molar-refractivity contribution < 1.29 is 20.1 Å². The van der Waals surface area contributed by atoms with E-state index in [9.17, 15) is 10.2 Å². The van der Waals surface area contributed by atoms with Gasteiger partial charge in [-0.3, -0.25) is 0 Å². The highest BCUT2D eigenvalue weighted by Gasteiger charge is 2.46. The molecular weight excluding hydrogens is 236 g/mol. The molecule has 0 aliphatic carbocycles. The smallest absolute Gasteiger partial charge is 0.161 e. The summed E-state index contributed by atoms with van der Waals surface area (Å²) in [6.07, 6.45) is -3.48.